The molecule has 0 bridgehead atoms. The summed E-state index contributed by atoms with van der Waals surface area (Å²) in [5.41, 5.74) is 7.77. The lowest BCUT2D eigenvalue weighted by atomic mass is 10.1. The van der Waals surface area contributed by atoms with Gasteiger partial charge in [0.15, 0.2) is 0 Å². The maximum Gasteiger partial charge on any atom is 0.253 e. The first-order valence-electron chi connectivity index (χ1n) is 5.90. The Balaban J connectivity index is 2.23. The molecule has 5 nitrogen and oxygen atoms in total. The highest BCUT2D eigenvalue weighted by Gasteiger charge is 2.13. The molecule has 0 fully saturated rings. The van der Waals surface area contributed by atoms with Crippen LogP contribution in [0.5, 0.6) is 0 Å². The number of hydrogen-bond donors (Lipinski definition) is 4. The van der Waals surface area contributed by atoms with Gasteiger partial charge in [0.1, 0.15) is 0 Å². The van der Waals surface area contributed by atoms with Gasteiger partial charge in [0, 0.05) is 35.4 Å². The molecule has 0 saturated carbocycles. The van der Waals surface area contributed by atoms with E-state index in [1.807, 2.05) is 13.0 Å². The molecular weight excluding hydrogens is 230 g/mol. The van der Waals surface area contributed by atoms with E-state index in [1.54, 1.807) is 18.3 Å². The highest BCUT2D eigenvalue weighted by atomic mass is 16.3. The molecular formula is C13H17N3O2. The van der Waals surface area contributed by atoms with Gasteiger partial charge in [0.25, 0.3) is 5.91 Å². The molecule has 1 aromatic carbocycles. The van der Waals surface area contributed by atoms with Crippen LogP contribution in [-0.2, 0) is 0 Å². The molecule has 0 spiro atoms. The molecule has 1 amide bonds. The smallest absolute Gasteiger partial charge is 0.253 e. The van der Waals surface area contributed by atoms with Gasteiger partial charge in [-0.05, 0) is 31.5 Å². The van der Waals surface area contributed by atoms with Crippen LogP contribution in [0.1, 0.15) is 23.7 Å². The molecule has 0 radical (unpaired) electrons. The summed E-state index contributed by atoms with van der Waals surface area (Å²) in [6.07, 6.45) is 2.21. The molecule has 5 heteroatoms. The molecule has 1 unspecified atom stereocenters. The minimum Gasteiger partial charge on any atom is -0.399 e. The third-order valence-electron chi connectivity index (χ3n) is 2.89. The summed E-state index contributed by atoms with van der Waals surface area (Å²) in [5.74, 6) is -0.146. The van der Waals surface area contributed by atoms with Crippen molar-refractivity contribution in [2.75, 3.05) is 12.3 Å². The van der Waals surface area contributed by atoms with Crippen molar-refractivity contribution in [3.8, 4) is 0 Å². The van der Waals surface area contributed by atoms with E-state index in [2.05, 4.69) is 10.3 Å². The van der Waals surface area contributed by atoms with Crippen molar-refractivity contribution in [2.24, 2.45) is 0 Å². The highest BCUT2D eigenvalue weighted by molar-refractivity contribution is 6.07. The molecule has 1 heterocycles. The Bertz CT molecular complexity index is 562. The number of amides is 1. The van der Waals surface area contributed by atoms with Crippen LogP contribution in [0.3, 0.4) is 0 Å². The topological polar surface area (TPSA) is 91.1 Å². The Morgan fingerprint density at radius 3 is 3.06 bits per heavy atom. The van der Waals surface area contributed by atoms with Crippen molar-refractivity contribution in [3.05, 3.63) is 30.0 Å². The quantitative estimate of drug-likeness (QED) is 0.613. The third kappa shape index (κ3) is 2.46. The summed E-state index contributed by atoms with van der Waals surface area (Å²) < 4.78 is 0. The number of nitrogen functional groups attached to an aromatic ring is 1. The van der Waals surface area contributed by atoms with Crippen LogP contribution in [0.2, 0.25) is 0 Å². The first kappa shape index (κ1) is 12.4. The number of hydrogen-bond acceptors (Lipinski definition) is 3. The second-order valence-electron chi connectivity index (χ2n) is 4.39. The largest absolute Gasteiger partial charge is 0.399 e. The van der Waals surface area contributed by atoms with Gasteiger partial charge < -0.3 is 21.1 Å². The van der Waals surface area contributed by atoms with Crippen LogP contribution < -0.4 is 11.1 Å². The van der Waals surface area contributed by atoms with Gasteiger partial charge in [-0.15, -0.1) is 0 Å². The number of aromatic amines is 1. The number of benzene rings is 1. The average molecular weight is 247 g/mol. The summed E-state index contributed by atoms with van der Waals surface area (Å²) in [4.78, 5) is 15.1. The molecule has 0 saturated heterocycles. The second-order valence-corrected chi connectivity index (χ2v) is 4.39. The van der Waals surface area contributed by atoms with Crippen molar-refractivity contribution in [3.63, 3.8) is 0 Å². The van der Waals surface area contributed by atoms with Crippen LogP contribution in [0.25, 0.3) is 10.9 Å². The van der Waals surface area contributed by atoms with E-state index in [-0.39, 0.29) is 18.6 Å². The van der Waals surface area contributed by atoms with Crippen LogP contribution in [-0.4, -0.2) is 28.6 Å². The first-order chi connectivity index (χ1) is 8.61. The Kier molecular flexibility index (Phi) is 3.53. The molecule has 0 aliphatic rings. The lowest BCUT2D eigenvalue weighted by Crippen LogP contribution is -2.33. The van der Waals surface area contributed by atoms with Crippen LogP contribution >= 0.6 is 0 Å². The number of fused-ring (bicyclic) bond motifs is 1. The molecule has 0 aliphatic carbocycles. The standard InChI is InChI=1S/C13H17N3O2/c1-8(4-5-17)16-13(18)11-7-15-12-6-9(14)2-3-10(11)12/h2-3,6-8,15,17H,4-5,14H2,1H3,(H,16,18). The fourth-order valence-corrected chi connectivity index (χ4v) is 1.90. The van der Waals surface area contributed by atoms with Crippen molar-refractivity contribution in [2.45, 2.75) is 19.4 Å². The molecule has 1 aromatic heterocycles. The summed E-state index contributed by atoms with van der Waals surface area (Å²) in [5, 5.41) is 12.5. The van der Waals surface area contributed by atoms with Crippen LogP contribution in [0, 0.1) is 0 Å². The number of aromatic nitrogens is 1. The van der Waals surface area contributed by atoms with E-state index in [9.17, 15) is 4.79 Å². The third-order valence-corrected chi connectivity index (χ3v) is 2.89. The normalized spacial score (nSPS) is 12.6. The number of carbonyl (C=O) groups is 1. The van der Waals surface area contributed by atoms with Crippen molar-refractivity contribution >= 4 is 22.5 Å². The zero-order valence-corrected chi connectivity index (χ0v) is 10.2. The van der Waals surface area contributed by atoms with Crippen LogP contribution in [0.4, 0.5) is 5.69 Å². The molecule has 18 heavy (non-hydrogen) atoms. The predicted molar refractivity (Wildman–Crippen MR) is 71.3 cm³/mol. The van der Waals surface area contributed by atoms with Gasteiger partial charge in [-0.25, -0.2) is 0 Å². The predicted octanol–water partition coefficient (Wildman–Crippen LogP) is 1.25. The van der Waals surface area contributed by atoms with Crippen LogP contribution in [0.15, 0.2) is 24.4 Å². The molecule has 2 rings (SSSR count). The monoisotopic (exact) mass is 247 g/mol. The Hall–Kier alpha value is -2.01. The SMILES string of the molecule is CC(CCO)NC(=O)c1c[nH]c2cc(N)ccc12. The summed E-state index contributed by atoms with van der Waals surface area (Å²) in [6.45, 7) is 1.92. The summed E-state index contributed by atoms with van der Waals surface area (Å²) in [6, 6.07) is 5.33. The molecule has 2 aromatic rings. The van der Waals surface area contributed by atoms with E-state index in [0.717, 1.165) is 10.9 Å². The number of nitrogens with two attached hydrogens (primary N) is 1. The number of H-pyrrole nitrogens is 1. The Labute approximate surface area is 105 Å². The van der Waals surface area contributed by atoms with Crippen molar-refractivity contribution < 1.29 is 9.90 Å². The van der Waals surface area contributed by atoms with E-state index < -0.39 is 0 Å². The van der Waals surface area contributed by atoms with Gasteiger partial charge in [-0.1, -0.05) is 0 Å². The number of carbonyl (C=O) groups excluding carboxylic acids is 1. The number of aliphatic hydroxyl groups excluding tert-OH is 1. The molecule has 5 N–H and O–H groups in total. The number of rotatable bonds is 4. The van der Waals surface area contributed by atoms with Crippen molar-refractivity contribution in [1.29, 1.82) is 0 Å². The maximum atomic E-state index is 12.0. The summed E-state index contributed by atoms with van der Waals surface area (Å²) in [7, 11) is 0. The van der Waals surface area contributed by atoms with Gasteiger partial charge >= 0.3 is 0 Å². The minimum absolute atomic E-state index is 0.0544. The van der Waals surface area contributed by atoms with Gasteiger partial charge in [-0.3, -0.25) is 4.79 Å². The highest BCUT2D eigenvalue weighted by Crippen LogP contribution is 2.20. The van der Waals surface area contributed by atoms with Gasteiger partial charge in [-0.2, -0.15) is 0 Å². The van der Waals surface area contributed by atoms with Gasteiger partial charge in [0.05, 0.1) is 5.56 Å². The summed E-state index contributed by atoms with van der Waals surface area (Å²) >= 11 is 0. The van der Waals surface area contributed by atoms with E-state index in [1.165, 1.54) is 0 Å². The maximum absolute atomic E-state index is 12.0. The zero-order chi connectivity index (χ0) is 13.1. The second kappa shape index (κ2) is 5.10. The Morgan fingerprint density at radius 2 is 2.33 bits per heavy atom. The average Bonchev–Trinajstić information content (AvgIpc) is 2.71. The fourth-order valence-electron chi connectivity index (χ4n) is 1.90. The number of nitrogens with one attached hydrogen (secondary N) is 2. The number of aliphatic hydroxyl groups is 1. The zero-order valence-electron chi connectivity index (χ0n) is 10.2. The molecule has 0 aliphatic heterocycles. The first-order valence-corrected chi connectivity index (χ1v) is 5.90. The Morgan fingerprint density at radius 1 is 1.56 bits per heavy atom. The van der Waals surface area contributed by atoms with Crippen molar-refractivity contribution in [1.82, 2.24) is 10.3 Å². The lowest BCUT2D eigenvalue weighted by molar-refractivity contribution is 0.0936. The fraction of sp³-hybridized carbons (Fsp3) is 0.308. The number of anilines is 1. The van der Waals surface area contributed by atoms with E-state index in [0.29, 0.717) is 17.7 Å². The van der Waals surface area contributed by atoms with E-state index in [4.69, 9.17) is 10.8 Å². The molecule has 96 valence electrons. The van der Waals surface area contributed by atoms with Gasteiger partial charge in [0.2, 0.25) is 0 Å². The minimum atomic E-state index is -0.146. The molecule has 1 atom stereocenters. The lowest BCUT2D eigenvalue weighted by Gasteiger charge is -2.11. The van der Waals surface area contributed by atoms with E-state index >= 15 is 0 Å².